The molecule has 0 fully saturated rings. The van der Waals surface area contributed by atoms with Gasteiger partial charge in [0.2, 0.25) is 0 Å². The van der Waals surface area contributed by atoms with Crippen LogP contribution >= 0.6 is 11.8 Å². The van der Waals surface area contributed by atoms with Crippen LogP contribution in [0.1, 0.15) is 24.5 Å². The Morgan fingerprint density at radius 1 is 1.50 bits per heavy atom. The predicted octanol–water partition coefficient (Wildman–Crippen LogP) is 3.27. The van der Waals surface area contributed by atoms with Gasteiger partial charge in [0, 0.05) is 18.3 Å². The number of benzene rings is 1. The molecule has 1 rings (SSSR count). The van der Waals surface area contributed by atoms with Crippen LogP contribution in [-0.4, -0.2) is 30.0 Å². The van der Waals surface area contributed by atoms with E-state index in [0.29, 0.717) is 18.2 Å². The van der Waals surface area contributed by atoms with E-state index in [-0.39, 0.29) is 5.82 Å². The highest BCUT2D eigenvalue weighted by Gasteiger charge is 2.14. The Kier molecular flexibility index (Phi) is 6.17. The molecule has 0 aliphatic carbocycles. The molecule has 0 heterocycles. The topological polar surface area (TPSA) is 27.0 Å². The summed E-state index contributed by atoms with van der Waals surface area (Å²) in [5.74, 6) is 0.764. The number of hydrogen-bond donors (Lipinski definition) is 0. The maximum atomic E-state index is 13.2. The van der Waals surface area contributed by atoms with E-state index < -0.39 is 0 Å². The van der Waals surface area contributed by atoms with Crippen molar-refractivity contribution in [1.82, 2.24) is 4.90 Å². The van der Waals surface area contributed by atoms with E-state index in [4.69, 9.17) is 5.26 Å². The Morgan fingerprint density at radius 2 is 2.22 bits per heavy atom. The van der Waals surface area contributed by atoms with E-state index in [9.17, 15) is 4.39 Å². The van der Waals surface area contributed by atoms with Gasteiger partial charge in [-0.1, -0.05) is 6.92 Å². The van der Waals surface area contributed by atoms with Gasteiger partial charge in [0.05, 0.1) is 11.6 Å². The highest BCUT2D eigenvalue weighted by atomic mass is 32.2. The molecule has 0 aliphatic rings. The zero-order chi connectivity index (χ0) is 13.5. The average molecular weight is 266 g/mol. The Morgan fingerprint density at radius 3 is 2.78 bits per heavy atom. The molecule has 0 radical (unpaired) electrons. The van der Waals surface area contributed by atoms with Crippen LogP contribution in [0.4, 0.5) is 4.39 Å². The Hall–Kier alpha value is -1.05. The molecule has 0 amide bonds. The van der Waals surface area contributed by atoms with Crippen molar-refractivity contribution >= 4 is 11.8 Å². The average Bonchev–Trinajstić information content (AvgIpc) is 2.36. The number of nitrogens with zero attached hydrogens (tertiary/aromatic N) is 2. The molecule has 0 aromatic heterocycles. The fourth-order valence-corrected chi connectivity index (χ4v) is 2.82. The molecule has 0 spiro atoms. The molecule has 0 N–H and O–H groups in total. The van der Waals surface area contributed by atoms with E-state index >= 15 is 0 Å². The molecular weight excluding hydrogens is 247 g/mol. The van der Waals surface area contributed by atoms with Gasteiger partial charge in [-0.2, -0.15) is 17.0 Å². The molecule has 1 aromatic carbocycles. The third kappa shape index (κ3) is 4.01. The van der Waals surface area contributed by atoms with Crippen LogP contribution in [0.3, 0.4) is 0 Å². The maximum absolute atomic E-state index is 13.2. The van der Waals surface area contributed by atoms with Crippen molar-refractivity contribution in [3.05, 3.63) is 35.1 Å². The fraction of sp³-hybridized carbons (Fsp3) is 0.500. The summed E-state index contributed by atoms with van der Waals surface area (Å²) >= 11 is 1.81. The monoisotopic (exact) mass is 266 g/mol. The number of rotatable bonds is 6. The molecule has 0 saturated carbocycles. The Balaban J connectivity index is 2.83. The van der Waals surface area contributed by atoms with Crippen molar-refractivity contribution in [3.8, 4) is 6.07 Å². The van der Waals surface area contributed by atoms with Gasteiger partial charge in [0.1, 0.15) is 5.82 Å². The molecule has 98 valence electrons. The molecule has 2 nitrogen and oxygen atoms in total. The summed E-state index contributed by atoms with van der Waals surface area (Å²) in [5, 5.41) is 9.03. The summed E-state index contributed by atoms with van der Waals surface area (Å²) < 4.78 is 13.2. The van der Waals surface area contributed by atoms with Gasteiger partial charge in [-0.05, 0) is 43.5 Å². The van der Waals surface area contributed by atoms with Crippen LogP contribution in [0.15, 0.2) is 18.2 Å². The minimum atomic E-state index is -0.282. The van der Waals surface area contributed by atoms with Crippen molar-refractivity contribution in [2.75, 3.05) is 19.1 Å². The van der Waals surface area contributed by atoms with Crippen molar-refractivity contribution in [3.63, 3.8) is 0 Å². The predicted molar refractivity (Wildman–Crippen MR) is 75.0 cm³/mol. The molecule has 1 unspecified atom stereocenters. The molecular formula is C14H19FN2S. The number of thioether (sulfide) groups is 1. The molecule has 4 heteroatoms. The molecule has 0 bridgehead atoms. The molecule has 18 heavy (non-hydrogen) atoms. The zero-order valence-electron chi connectivity index (χ0n) is 11.1. The molecule has 0 saturated heterocycles. The maximum Gasteiger partial charge on any atom is 0.123 e. The second-order valence-electron chi connectivity index (χ2n) is 4.35. The first-order chi connectivity index (χ1) is 8.62. The normalized spacial score (nSPS) is 12.4. The first-order valence-electron chi connectivity index (χ1n) is 6.00. The van der Waals surface area contributed by atoms with E-state index in [1.54, 1.807) is 17.8 Å². The standard InChI is InChI=1S/C14H19FN2S/c1-4-14(10-18-3)17(2)9-12-7-13(15)6-5-11(12)8-16/h5-7,14H,4,9-10H2,1-3H3. The fourth-order valence-electron chi connectivity index (χ4n) is 1.95. The van der Waals surface area contributed by atoms with Crippen LogP contribution in [0.25, 0.3) is 0 Å². The van der Waals surface area contributed by atoms with Crippen LogP contribution in [0.2, 0.25) is 0 Å². The summed E-state index contributed by atoms with van der Waals surface area (Å²) in [6.07, 6.45) is 3.13. The summed E-state index contributed by atoms with van der Waals surface area (Å²) in [4.78, 5) is 2.19. The van der Waals surface area contributed by atoms with Crippen LogP contribution in [-0.2, 0) is 6.54 Å². The van der Waals surface area contributed by atoms with Gasteiger partial charge in [0.15, 0.2) is 0 Å². The number of nitriles is 1. The lowest BCUT2D eigenvalue weighted by Crippen LogP contribution is -2.32. The lowest BCUT2D eigenvalue weighted by Gasteiger charge is -2.26. The van der Waals surface area contributed by atoms with Gasteiger partial charge in [-0.3, -0.25) is 4.90 Å². The summed E-state index contributed by atoms with van der Waals surface area (Å²) in [7, 11) is 2.02. The largest absolute Gasteiger partial charge is 0.298 e. The lowest BCUT2D eigenvalue weighted by atomic mass is 10.1. The summed E-state index contributed by atoms with van der Waals surface area (Å²) in [5.41, 5.74) is 1.32. The van der Waals surface area contributed by atoms with Gasteiger partial charge in [-0.15, -0.1) is 0 Å². The van der Waals surface area contributed by atoms with E-state index in [2.05, 4.69) is 24.1 Å². The Labute approximate surface area is 113 Å². The SMILES string of the molecule is CCC(CSC)N(C)Cc1cc(F)ccc1C#N. The van der Waals surface area contributed by atoms with Crippen LogP contribution in [0.5, 0.6) is 0 Å². The molecule has 1 atom stereocenters. The van der Waals surface area contributed by atoms with Crippen molar-refractivity contribution in [2.24, 2.45) is 0 Å². The third-order valence-electron chi connectivity index (χ3n) is 3.06. The highest BCUT2D eigenvalue weighted by molar-refractivity contribution is 7.98. The first-order valence-corrected chi connectivity index (χ1v) is 7.39. The second kappa shape index (κ2) is 7.40. The summed E-state index contributed by atoms with van der Waals surface area (Å²) in [6, 6.07) is 6.92. The highest BCUT2D eigenvalue weighted by Crippen LogP contribution is 2.16. The van der Waals surface area contributed by atoms with Gasteiger partial charge in [-0.25, -0.2) is 4.39 Å². The van der Waals surface area contributed by atoms with E-state index in [1.165, 1.54) is 12.1 Å². The van der Waals surface area contributed by atoms with Crippen molar-refractivity contribution < 1.29 is 4.39 Å². The van der Waals surface area contributed by atoms with Gasteiger partial charge < -0.3 is 0 Å². The molecule has 0 aliphatic heterocycles. The number of hydrogen-bond acceptors (Lipinski definition) is 3. The number of halogens is 1. The van der Waals surface area contributed by atoms with Gasteiger partial charge >= 0.3 is 0 Å². The quantitative estimate of drug-likeness (QED) is 0.790. The zero-order valence-corrected chi connectivity index (χ0v) is 11.9. The molecule has 1 aromatic rings. The van der Waals surface area contributed by atoms with E-state index in [0.717, 1.165) is 17.7 Å². The minimum Gasteiger partial charge on any atom is -0.298 e. The minimum absolute atomic E-state index is 0.282. The smallest absolute Gasteiger partial charge is 0.123 e. The lowest BCUT2D eigenvalue weighted by molar-refractivity contribution is 0.247. The van der Waals surface area contributed by atoms with Crippen LogP contribution in [0, 0.1) is 17.1 Å². The summed E-state index contributed by atoms with van der Waals surface area (Å²) in [6.45, 7) is 2.76. The van der Waals surface area contributed by atoms with Crippen molar-refractivity contribution in [2.45, 2.75) is 25.9 Å². The van der Waals surface area contributed by atoms with Gasteiger partial charge in [0.25, 0.3) is 0 Å². The van der Waals surface area contributed by atoms with Crippen molar-refractivity contribution in [1.29, 1.82) is 5.26 Å². The first kappa shape index (κ1) is 15.0. The van der Waals surface area contributed by atoms with Crippen LogP contribution < -0.4 is 0 Å². The second-order valence-corrected chi connectivity index (χ2v) is 5.26. The van der Waals surface area contributed by atoms with E-state index in [1.807, 2.05) is 7.05 Å². The Bertz CT molecular complexity index is 428. The third-order valence-corrected chi connectivity index (χ3v) is 3.78.